The summed E-state index contributed by atoms with van der Waals surface area (Å²) >= 11 is 0. The summed E-state index contributed by atoms with van der Waals surface area (Å²) in [5, 5.41) is 12.3. The maximum atomic E-state index is 12.2. The highest BCUT2D eigenvalue weighted by Gasteiger charge is 2.52. The standard InChI is InChI=1S/C40H72O3Si2/c1-28(2)29(3)19-20-30(4)34-23-24-35-32(18-17-25-39(34,35)12)21-22-33-26-40(41,43-45(15,16)38(9,10)11)27-36(31(33)5)42-44(13,14)37(6,7)8/h19-22,28-30,34-36,41H,5,17-18,23-27H2,1-4,6-16H3/b20-19+,32-21+,33-22-/t29-,30+,34+,35-,36+,39+,40-/m0/s1. The Morgan fingerprint density at radius 3 is 2.07 bits per heavy atom. The van der Waals surface area contributed by atoms with Crippen LogP contribution < -0.4 is 0 Å². The van der Waals surface area contributed by atoms with E-state index < -0.39 is 22.4 Å². The Bertz CT molecular complexity index is 1150. The van der Waals surface area contributed by atoms with Gasteiger partial charge in [-0.05, 0) is 115 Å². The first kappa shape index (κ1) is 38.7. The van der Waals surface area contributed by atoms with Gasteiger partial charge in [0.05, 0.1) is 6.10 Å². The van der Waals surface area contributed by atoms with Crippen LogP contribution in [-0.4, -0.2) is 33.6 Å². The summed E-state index contributed by atoms with van der Waals surface area (Å²) in [6.07, 6.45) is 16.7. The van der Waals surface area contributed by atoms with Crippen LogP contribution in [0.5, 0.6) is 0 Å². The highest BCUT2D eigenvalue weighted by atomic mass is 28.4. The summed E-state index contributed by atoms with van der Waals surface area (Å²) in [4.78, 5) is 0. The lowest BCUT2D eigenvalue weighted by atomic mass is 9.61. The summed E-state index contributed by atoms with van der Waals surface area (Å²) < 4.78 is 13.8. The maximum Gasteiger partial charge on any atom is 0.195 e. The first-order chi connectivity index (χ1) is 20.3. The Labute approximate surface area is 281 Å². The van der Waals surface area contributed by atoms with Crippen molar-refractivity contribution < 1.29 is 14.0 Å². The molecule has 5 heteroatoms. The molecule has 1 N–H and O–H groups in total. The van der Waals surface area contributed by atoms with Gasteiger partial charge in [-0.1, -0.05) is 113 Å². The fraction of sp³-hybridized carbons (Fsp3) is 0.800. The number of rotatable bonds is 9. The molecular weight excluding hydrogens is 585 g/mol. The summed E-state index contributed by atoms with van der Waals surface area (Å²) in [5.41, 5.74) is 4.07. The van der Waals surface area contributed by atoms with Gasteiger partial charge >= 0.3 is 0 Å². The Morgan fingerprint density at radius 2 is 1.51 bits per heavy atom. The maximum absolute atomic E-state index is 12.2. The first-order valence-electron chi connectivity index (χ1n) is 18.2. The van der Waals surface area contributed by atoms with Crippen molar-refractivity contribution in [1.29, 1.82) is 0 Å². The SMILES string of the molecule is C=C1/C(=C\C=C2/CCC[C@]3(C)[C@@H]([C@H](C)/C=C/[C@H](C)C(C)C)CC[C@@H]23)C[C@](O)(O[Si](C)(C)C(C)(C)C)C[C@H]1O[Si](C)(C)C(C)(C)C. The molecule has 3 saturated carbocycles. The van der Waals surface area contributed by atoms with Crippen molar-refractivity contribution in [2.45, 2.75) is 169 Å². The van der Waals surface area contributed by atoms with Gasteiger partial charge in [0.15, 0.2) is 22.4 Å². The second kappa shape index (κ2) is 13.6. The zero-order valence-corrected chi connectivity index (χ0v) is 34.2. The molecule has 0 heterocycles. The van der Waals surface area contributed by atoms with Crippen molar-refractivity contribution in [2.75, 3.05) is 0 Å². The Balaban J connectivity index is 1.95. The number of fused-ring (bicyclic) bond motifs is 1. The predicted molar refractivity (Wildman–Crippen MR) is 200 cm³/mol. The zero-order chi connectivity index (χ0) is 34.4. The van der Waals surface area contributed by atoms with E-state index in [0.29, 0.717) is 41.9 Å². The molecule has 0 unspecified atom stereocenters. The van der Waals surface area contributed by atoms with Gasteiger partial charge < -0.3 is 14.0 Å². The highest BCUT2D eigenvalue weighted by molar-refractivity contribution is 6.74. The van der Waals surface area contributed by atoms with E-state index in [9.17, 15) is 5.11 Å². The minimum absolute atomic E-state index is 0.00352. The number of aliphatic hydroxyl groups is 1. The lowest BCUT2D eigenvalue weighted by Crippen LogP contribution is -2.55. The predicted octanol–water partition coefficient (Wildman–Crippen LogP) is 12.0. The quantitative estimate of drug-likeness (QED) is 0.152. The van der Waals surface area contributed by atoms with Gasteiger partial charge in [-0.25, -0.2) is 0 Å². The summed E-state index contributed by atoms with van der Waals surface area (Å²) in [5.74, 6) is 2.01. The molecule has 0 spiro atoms. The third-order valence-corrected chi connectivity index (χ3v) is 22.2. The van der Waals surface area contributed by atoms with Gasteiger partial charge in [-0.15, -0.1) is 0 Å². The normalized spacial score (nSPS) is 33.8. The molecular formula is C40H72O3Si2. The highest BCUT2D eigenvalue weighted by Crippen LogP contribution is 2.59. The van der Waals surface area contributed by atoms with Crippen molar-refractivity contribution in [2.24, 2.45) is 35.0 Å². The van der Waals surface area contributed by atoms with E-state index in [0.717, 1.165) is 17.1 Å². The fourth-order valence-corrected chi connectivity index (χ4v) is 10.4. The van der Waals surface area contributed by atoms with Crippen LogP contribution in [0.2, 0.25) is 36.3 Å². The van der Waals surface area contributed by atoms with Crippen molar-refractivity contribution >= 4 is 16.6 Å². The van der Waals surface area contributed by atoms with Crippen molar-refractivity contribution in [1.82, 2.24) is 0 Å². The molecule has 0 aromatic heterocycles. The van der Waals surface area contributed by atoms with E-state index in [1.54, 1.807) is 5.57 Å². The summed E-state index contributed by atoms with van der Waals surface area (Å²) in [6.45, 7) is 39.3. The van der Waals surface area contributed by atoms with Gasteiger partial charge in [0.2, 0.25) is 0 Å². The third-order valence-electron chi connectivity index (χ3n) is 13.2. The first-order valence-corrected chi connectivity index (χ1v) is 24.0. The summed E-state index contributed by atoms with van der Waals surface area (Å²) in [7, 11) is -4.34. The van der Waals surface area contributed by atoms with Gasteiger partial charge in [-0.2, -0.15) is 0 Å². The lowest BCUT2D eigenvalue weighted by Gasteiger charge is -2.49. The molecule has 0 aromatic carbocycles. The second-order valence-corrected chi connectivity index (χ2v) is 28.4. The monoisotopic (exact) mass is 657 g/mol. The van der Waals surface area contributed by atoms with E-state index >= 15 is 0 Å². The molecule has 3 nitrogen and oxygen atoms in total. The van der Waals surface area contributed by atoms with Crippen LogP contribution in [0.25, 0.3) is 0 Å². The molecule has 3 fully saturated rings. The average Bonchev–Trinajstić information content (AvgIpc) is 3.23. The zero-order valence-electron chi connectivity index (χ0n) is 32.2. The molecule has 0 bridgehead atoms. The Morgan fingerprint density at radius 1 is 0.911 bits per heavy atom. The van der Waals surface area contributed by atoms with Crippen molar-refractivity contribution in [3.63, 3.8) is 0 Å². The van der Waals surface area contributed by atoms with Gasteiger partial charge in [0.1, 0.15) is 0 Å². The van der Waals surface area contributed by atoms with Gasteiger partial charge in [-0.3, -0.25) is 0 Å². The summed E-state index contributed by atoms with van der Waals surface area (Å²) in [6, 6.07) is 0. The fourth-order valence-electron chi connectivity index (χ4n) is 7.68. The molecule has 7 atom stereocenters. The topological polar surface area (TPSA) is 38.7 Å². The van der Waals surface area contributed by atoms with Gasteiger partial charge in [0.25, 0.3) is 0 Å². The third kappa shape index (κ3) is 8.66. The number of hydrogen-bond donors (Lipinski definition) is 1. The molecule has 3 aliphatic carbocycles. The van der Waals surface area contributed by atoms with E-state index in [-0.39, 0.29) is 16.2 Å². The molecule has 3 rings (SSSR count). The molecule has 258 valence electrons. The van der Waals surface area contributed by atoms with E-state index in [2.05, 4.69) is 133 Å². The van der Waals surface area contributed by atoms with Crippen LogP contribution in [0.1, 0.15) is 121 Å². The van der Waals surface area contributed by atoms with E-state index in [1.165, 1.54) is 32.1 Å². The molecule has 0 aliphatic heterocycles. The van der Waals surface area contributed by atoms with Crippen molar-refractivity contribution in [3.8, 4) is 0 Å². The van der Waals surface area contributed by atoms with Crippen LogP contribution in [0.15, 0.2) is 47.6 Å². The average molecular weight is 657 g/mol. The minimum Gasteiger partial charge on any atom is -0.410 e. The van der Waals surface area contributed by atoms with Crippen LogP contribution in [0.4, 0.5) is 0 Å². The van der Waals surface area contributed by atoms with Crippen molar-refractivity contribution in [3.05, 3.63) is 47.6 Å². The van der Waals surface area contributed by atoms with Crippen LogP contribution >= 0.6 is 0 Å². The van der Waals surface area contributed by atoms with E-state index in [4.69, 9.17) is 8.85 Å². The Hall–Kier alpha value is -0.726. The molecule has 0 amide bonds. The van der Waals surface area contributed by atoms with Crippen LogP contribution in [-0.2, 0) is 8.85 Å². The molecule has 0 aromatic rings. The smallest absolute Gasteiger partial charge is 0.195 e. The number of hydrogen-bond acceptors (Lipinski definition) is 3. The Kier molecular flexibility index (Phi) is 11.7. The molecule has 3 aliphatic rings. The number of allylic oxidation sites excluding steroid dienone is 5. The largest absolute Gasteiger partial charge is 0.410 e. The molecule has 45 heavy (non-hydrogen) atoms. The van der Waals surface area contributed by atoms with Crippen LogP contribution in [0.3, 0.4) is 0 Å². The molecule has 0 saturated heterocycles. The minimum atomic E-state index is -2.24. The van der Waals surface area contributed by atoms with E-state index in [1.807, 2.05) is 0 Å². The van der Waals surface area contributed by atoms with Gasteiger partial charge in [0, 0.05) is 12.8 Å². The lowest BCUT2D eigenvalue weighted by molar-refractivity contribution is -0.168. The second-order valence-electron chi connectivity index (χ2n) is 19.0. The molecule has 0 radical (unpaired) electrons. The van der Waals surface area contributed by atoms with Crippen LogP contribution in [0, 0.1) is 35.0 Å².